The van der Waals surface area contributed by atoms with E-state index in [0.29, 0.717) is 0 Å². The molecule has 0 heterocycles. The third-order valence-corrected chi connectivity index (χ3v) is 15.4. The van der Waals surface area contributed by atoms with Crippen molar-refractivity contribution in [1.29, 1.82) is 0 Å². The van der Waals surface area contributed by atoms with E-state index in [4.69, 9.17) is 8.23 Å². The van der Waals surface area contributed by atoms with Gasteiger partial charge in [0.1, 0.15) is 0 Å². The molecule has 0 rings (SSSR count). The number of hydrogen-bond donors (Lipinski definition) is 3. The second-order valence-corrected chi connectivity index (χ2v) is 20.2. The quantitative estimate of drug-likeness (QED) is 0.436. The Morgan fingerprint density at radius 1 is 0.818 bits per heavy atom. The topological polar surface area (TPSA) is 79.2 Å². The van der Waals surface area contributed by atoms with E-state index in [0.717, 1.165) is 12.8 Å². The van der Waals surface area contributed by atoms with E-state index in [-0.39, 0.29) is 11.1 Å². The van der Waals surface area contributed by atoms with Crippen molar-refractivity contribution in [2.75, 3.05) is 0 Å². The first kappa shape index (κ1) is 22.9. The number of hydrogen-bond acceptors (Lipinski definition) is 5. The van der Waals surface area contributed by atoms with Crippen molar-refractivity contribution in [3.8, 4) is 0 Å². The van der Waals surface area contributed by atoms with Gasteiger partial charge in [-0.05, 0) is 44.6 Å². The fraction of sp³-hybridized carbons (Fsp3) is 1.00. The molecule has 5 unspecified atom stereocenters. The van der Waals surface area contributed by atoms with Crippen LogP contribution in [0.15, 0.2) is 0 Å². The molecule has 0 fully saturated rings. The molecule has 0 saturated carbocycles. The summed E-state index contributed by atoms with van der Waals surface area (Å²) in [5.74, 6) is 0. The van der Waals surface area contributed by atoms with Gasteiger partial charge in [-0.2, -0.15) is 0 Å². The van der Waals surface area contributed by atoms with Crippen LogP contribution in [-0.4, -0.2) is 65.9 Å². The van der Waals surface area contributed by atoms with Crippen molar-refractivity contribution in [2.45, 2.75) is 75.9 Å². The number of aliphatic hydroxyl groups is 1. The molecule has 0 aromatic rings. The SMILES string of the molecule is CC(CCC(C(O)[SiH](C)C)[SiH](O)O[SiH](C)C)[SiH](O)O[SiH](C)C. The monoisotopic (exact) mass is 400 g/mol. The van der Waals surface area contributed by atoms with Crippen molar-refractivity contribution in [3.63, 3.8) is 0 Å². The molecule has 5 atom stereocenters. The predicted molar refractivity (Wildman–Crippen MR) is 106 cm³/mol. The molecule has 0 saturated heterocycles. The van der Waals surface area contributed by atoms with Gasteiger partial charge in [0.05, 0.1) is 8.80 Å². The first-order valence-corrected chi connectivity index (χ1v) is 20.3. The zero-order valence-corrected chi connectivity index (χ0v) is 21.0. The van der Waals surface area contributed by atoms with Crippen LogP contribution < -0.4 is 0 Å². The molecule has 22 heavy (non-hydrogen) atoms. The third-order valence-electron chi connectivity index (χ3n) is 3.75. The molecule has 0 aliphatic carbocycles. The molecule has 3 N–H and O–H groups in total. The molecular formula is C12H36O5Si5. The molecule has 0 aromatic heterocycles. The van der Waals surface area contributed by atoms with Crippen molar-refractivity contribution < 1.29 is 22.9 Å². The Bertz CT molecular complexity index is 295. The molecule has 0 aliphatic heterocycles. The summed E-state index contributed by atoms with van der Waals surface area (Å²) in [5, 5.41) is 10.5. The van der Waals surface area contributed by atoms with Gasteiger partial charge < -0.3 is 22.9 Å². The summed E-state index contributed by atoms with van der Waals surface area (Å²) in [4.78, 5) is 20.6. The summed E-state index contributed by atoms with van der Waals surface area (Å²) < 4.78 is 11.4. The summed E-state index contributed by atoms with van der Waals surface area (Å²) in [5.41, 5.74) is -0.363. The van der Waals surface area contributed by atoms with E-state index in [9.17, 15) is 14.7 Å². The first-order chi connectivity index (χ1) is 10.1. The van der Waals surface area contributed by atoms with Gasteiger partial charge >= 0.3 is 18.6 Å². The lowest BCUT2D eigenvalue weighted by atomic mass is 10.2. The van der Waals surface area contributed by atoms with Gasteiger partial charge in [-0.25, -0.2) is 0 Å². The maximum Gasteiger partial charge on any atom is 0.313 e. The van der Waals surface area contributed by atoms with Gasteiger partial charge in [0.15, 0.2) is 18.1 Å². The molecule has 0 amide bonds. The molecule has 0 radical (unpaired) electrons. The maximum atomic E-state index is 10.5. The lowest BCUT2D eigenvalue weighted by Gasteiger charge is -2.30. The van der Waals surface area contributed by atoms with Crippen molar-refractivity contribution in [3.05, 3.63) is 0 Å². The third kappa shape index (κ3) is 9.25. The molecule has 0 spiro atoms. The Morgan fingerprint density at radius 2 is 1.27 bits per heavy atom. The molecule has 10 heteroatoms. The van der Waals surface area contributed by atoms with Crippen molar-refractivity contribution in [2.24, 2.45) is 0 Å². The lowest BCUT2D eigenvalue weighted by Crippen LogP contribution is -2.42. The van der Waals surface area contributed by atoms with Crippen LogP contribution in [0.3, 0.4) is 0 Å². The van der Waals surface area contributed by atoms with Crippen molar-refractivity contribution >= 4 is 45.4 Å². The standard InChI is InChI=1S/C12H36O5Si5/c1-10(21(14)16-19(4)5)8-9-11(12(13)18(2)3)22(15)17-20(6)7/h10-15,18-22H,8-9H2,1-7H3. The van der Waals surface area contributed by atoms with Crippen LogP contribution in [0.25, 0.3) is 0 Å². The smallest absolute Gasteiger partial charge is 0.313 e. The minimum Gasteiger partial charge on any atom is -0.441 e. The van der Waals surface area contributed by atoms with E-state index in [1.54, 1.807) is 0 Å². The van der Waals surface area contributed by atoms with Crippen LogP contribution in [0.4, 0.5) is 0 Å². The predicted octanol–water partition coefficient (Wildman–Crippen LogP) is 0.339. The van der Waals surface area contributed by atoms with Crippen LogP contribution in [-0.2, 0) is 8.23 Å². The van der Waals surface area contributed by atoms with Gasteiger partial charge in [0.25, 0.3) is 0 Å². The van der Waals surface area contributed by atoms with Gasteiger partial charge in [-0.15, -0.1) is 0 Å². The molecule has 0 aromatic carbocycles. The Hall–Kier alpha value is 0.884. The highest BCUT2D eigenvalue weighted by Crippen LogP contribution is 2.29. The second-order valence-electron chi connectivity index (χ2n) is 7.10. The Morgan fingerprint density at radius 3 is 1.68 bits per heavy atom. The zero-order chi connectivity index (χ0) is 17.4. The minimum atomic E-state index is -2.36. The van der Waals surface area contributed by atoms with Gasteiger partial charge in [0.2, 0.25) is 0 Å². The van der Waals surface area contributed by atoms with Crippen LogP contribution in [0, 0.1) is 0 Å². The number of rotatable bonds is 11. The van der Waals surface area contributed by atoms with E-state index in [2.05, 4.69) is 26.2 Å². The summed E-state index contributed by atoms with van der Waals surface area (Å²) in [6.07, 6.45) is 1.53. The van der Waals surface area contributed by atoms with E-state index in [1.165, 1.54) is 0 Å². The maximum absolute atomic E-state index is 10.5. The average Bonchev–Trinajstić information content (AvgIpc) is 2.36. The van der Waals surface area contributed by atoms with Gasteiger partial charge in [-0.1, -0.05) is 20.0 Å². The normalized spacial score (nSPS) is 19.5. The lowest BCUT2D eigenvalue weighted by molar-refractivity contribution is 0.212. The fourth-order valence-corrected chi connectivity index (χ4v) is 13.1. The summed E-state index contributed by atoms with van der Waals surface area (Å²) >= 11 is 0. The van der Waals surface area contributed by atoms with Crippen molar-refractivity contribution in [1.82, 2.24) is 0 Å². The minimum absolute atomic E-state index is 0.110. The molecule has 5 nitrogen and oxygen atoms in total. The summed E-state index contributed by atoms with van der Waals surface area (Å²) in [6, 6.07) is 0. The van der Waals surface area contributed by atoms with Crippen LogP contribution in [0.2, 0.25) is 50.4 Å². The van der Waals surface area contributed by atoms with Crippen LogP contribution >= 0.6 is 0 Å². The summed E-state index contributed by atoms with van der Waals surface area (Å²) in [6.45, 7) is 14.5. The largest absolute Gasteiger partial charge is 0.441 e. The second kappa shape index (κ2) is 11.4. The highest BCUT2D eigenvalue weighted by atomic mass is 28.4. The molecule has 134 valence electrons. The fourth-order valence-electron chi connectivity index (χ4n) is 2.37. The van der Waals surface area contributed by atoms with E-state index < -0.39 is 51.2 Å². The van der Waals surface area contributed by atoms with Gasteiger partial charge in [-0.3, -0.25) is 0 Å². The highest BCUT2D eigenvalue weighted by molar-refractivity contribution is 6.64. The average molecular weight is 401 g/mol. The Labute approximate surface area is 144 Å². The Balaban J connectivity index is 4.64. The molecule has 0 bridgehead atoms. The Kier molecular flexibility index (Phi) is 11.9. The zero-order valence-electron chi connectivity index (χ0n) is 15.2. The molecule has 0 aliphatic rings. The first-order valence-electron chi connectivity index (χ1n) is 8.41. The van der Waals surface area contributed by atoms with Crippen LogP contribution in [0.5, 0.6) is 0 Å². The molecular weight excluding hydrogens is 365 g/mol. The summed E-state index contributed by atoms with van der Waals surface area (Å²) in [7, 11) is -8.23. The van der Waals surface area contributed by atoms with Crippen LogP contribution in [0.1, 0.15) is 19.8 Å². The number of aliphatic hydroxyl groups excluding tert-OH is 1. The van der Waals surface area contributed by atoms with E-state index >= 15 is 0 Å². The highest BCUT2D eigenvalue weighted by Gasteiger charge is 2.34. The van der Waals surface area contributed by atoms with Gasteiger partial charge in [0, 0.05) is 11.3 Å². The van der Waals surface area contributed by atoms with E-state index in [1.807, 2.05) is 20.0 Å².